The number of aliphatic hydroxyl groups is 1. The number of alkyl halides is 2. The lowest BCUT2D eigenvalue weighted by Gasteiger charge is -2.26. The number of hydrogen-bond acceptors (Lipinski definition) is 16. The van der Waals surface area contributed by atoms with Gasteiger partial charge in [-0.2, -0.15) is 4.98 Å². The minimum absolute atomic E-state index is 0.0535. The molecule has 46 heavy (non-hydrogen) atoms. The molecule has 10 atom stereocenters. The number of H-pyrrole nitrogens is 1. The van der Waals surface area contributed by atoms with Crippen molar-refractivity contribution in [3.05, 3.63) is 29.3 Å². The summed E-state index contributed by atoms with van der Waals surface area (Å²) >= 11 is 8.79. The first kappa shape index (κ1) is 33.1. The average molecular weight is 726 g/mol. The van der Waals surface area contributed by atoms with Crippen LogP contribution < -0.4 is 17.0 Å². The van der Waals surface area contributed by atoms with Crippen LogP contribution in [0.1, 0.15) is 18.9 Å². The Morgan fingerprint density at radius 2 is 1.78 bits per heavy atom. The van der Waals surface area contributed by atoms with Crippen LogP contribution in [0.4, 0.5) is 20.5 Å². The van der Waals surface area contributed by atoms with Gasteiger partial charge in [-0.15, -0.1) is 4.52 Å². The lowest BCUT2D eigenvalue weighted by atomic mass is 10.1. The minimum Gasteiger partial charge on any atom is -0.387 e. The number of fused-ring (bicyclic) bond motifs is 2. The summed E-state index contributed by atoms with van der Waals surface area (Å²) in [5.41, 5.74) is 10.9. The zero-order chi connectivity index (χ0) is 32.9. The van der Waals surface area contributed by atoms with E-state index in [1.54, 1.807) is 0 Å². The number of ether oxygens (including phenoxy) is 2. The highest BCUT2D eigenvalue weighted by Crippen LogP contribution is 2.51. The summed E-state index contributed by atoms with van der Waals surface area (Å²) < 4.78 is 72.1. The molecule has 2 aliphatic rings. The van der Waals surface area contributed by atoms with Crippen LogP contribution in [0.25, 0.3) is 22.3 Å². The van der Waals surface area contributed by atoms with Gasteiger partial charge in [-0.25, -0.2) is 28.7 Å². The molecule has 0 aromatic carbocycles. The largest absolute Gasteiger partial charge is 0.582 e. The number of hydrogen-bond donors (Lipinski definition) is 6. The quantitative estimate of drug-likeness (QED) is 0.0912. The van der Waals surface area contributed by atoms with E-state index in [-0.39, 0.29) is 47.1 Å². The predicted octanol–water partition coefficient (Wildman–Crippen LogP) is 0.568. The molecule has 0 amide bonds. The van der Waals surface area contributed by atoms with Crippen molar-refractivity contribution in [2.24, 2.45) is 0 Å². The monoisotopic (exact) mass is 725 g/mol. The van der Waals surface area contributed by atoms with Crippen molar-refractivity contribution in [3.63, 3.8) is 0 Å². The average Bonchev–Trinajstić information content (AvgIpc) is 3.74. The van der Waals surface area contributed by atoms with Crippen molar-refractivity contribution in [1.29, 1.82) is 0 Å². The van der Waals surface area contributed by atoms with Crippen molar-refractivity contribution in [1.82, 2.24) is 39.0 Å². The lowest BCUT2D eigenvalue weighted by Crippen LogP contribution is -2.33. The summed E-state index contributed by atoms with van der Waals surface area (Å²) in [5, 5.41) is 10.6. The number of nitrogens with zero attached hydrogens (tertiary/aromatic N) is 7. The summed E-state index contributed by atoms with van der Waals surface area (Å²) in [4.78, 5) is 45.5. The van der Waals surface area contributed by atoms with E-state index >= 15 is 8.78 Å². The smallest absolute Gasteiger partial charge is 0.387 e. The van der Waals surface area contributed by atoms with Crippen molar-refractivity contribution in [2.45, 2.75) is 55.6 Å². The van der Waals surface area contributed by atoms with E-state index in [1.807, 2.05) is 0 Å². The van der Waals surface area contributed by atoms with Gasteiger partial charge in [0.15, 0.2) is 47.4 Å². The first-order valence-electron chi connectivity index (χ1n) is 13.2. The Bertz CT molecular complexity index is 1890. The van der Waals surface area contributed by atoms with E-state index in [0.29, 0.717) is 0 Å². The van der Waals surface area contributed by atoms with E-state index in [1.165, 1.54) is 15.5 Å². The Labute approximate surface area is 266 Å². The Balaban J connectivity index is 1.19. The molecular weight excluding hydrogens is 700 g/mol. The van der Waals surface area contributed by atoms with E-state index in [0.717, 1.165) is 12.7 Å². The van der Waals surface area contributed by atoms with Gasteiger partial charge in [0.1, 0.15) is 49.0 Å². The van der Waals surface area contributed by atoms with Gasteiger partial charge in [0, 0.05) is 6.42 Å². The molecule has 4 aromatic heterocycles. The summed E-state index contributed by atoms with van der Waals surface area (Å²) in [6, 6.07) is 0. The van der Waals surface area contributed by atoms with Crippen molar-refractivity contribution in [3.8, 4) is 0 Å². The van der Waals surface area contributed by atoms with Crippen LogP contribution in [0.5, 0.6) is 0 Å². The second-order valence-corrected chi connectivity index (χ2v) is 14.6. The van der Waals surface area contributed by atoms with Crippen LogP contribution in [0.2, 0.25) is 0 Å². The van der Waals surface area contributed by atoms with E-state index in [9.17, 15) is 19.4 Å². The van der Waals surface area contributed by atoms with Crippen molar-refractivity contribution in [2.75, 3.05) is 24.7 Å². The van der Waals surface area contributed by atoms with Crippen LogP contribution in [0, 0.1) is 0 Å². The molecule has 25 heteroatoms. The molecule has 7 N–H and O–H groups in total. The highest BCUT2D eigenvalue weighted by Gasteiger charge is 2.51. The van der Waals surface area contributed by atoms with Crippen LogP contribution >= 0.6 is 26.2 Å². The summed E-state index contributed by atoms with van der Waals surface area (Å²) in [6.45, 7) is -5.26. The summed E-state index contributed by atoms with van der Waals surface area (Å²) in [5.74, 6) is -0.207. The van der Waals surface area contributed by atoms with Crippen LogP contribution in [0.15, 0.2) is 23.8 Å². The molecule has 0 aliphatic carbocycles. The maximum Gasteiger partial charge on any atom is 0.582 e. The fourth-order valence-corrected chi connectivity index (χ4v) is 7.02. The molecule has 0 bridgehead atoms. The van der Waals surface area contributed by atoms with Gasteiger partial charge >= 0.3 is 13.9 Å². The van der Waals surface area contributed by atoms with Gasteiger partial charge in [-0.05, 0) is 16.4 Å². The van der Waals surface area contributed by atoms with Crippen LogP contribution in [0.3, 0.4) is 0 Å². The number of aromatic nitrogens is 8. The molecular formula is C21H25F2N10O9P2S2+. The molecule has 4 aromatic rings. The maximum absolute atomic E-state index is 15.8. The number of aromatic amines is 1. The SMILES string of the molecule is Nc1nc2c(ncn2C2O[C@H](CCO[P+](=O)S)[C@@H](F)[C@H]2OP(O)(=S)OC[C@H]2O[C@@H](n3cnc4c(N)ncnc43)[C@@H](F)[C@@H]2O)c(=O)[nH]1. The number of nitrogens with two attached hydrogens (primary N) is 2. The molecule has 6 heterocycles. The standard InChI is InChI=1S/C21H24F2N10O9P2S2/c22-9-7(1-2-38-43(36)45)40-20(33-6-29-12-17(33)30-21(25)31-18(12)35)14(9)42-44(37,46)39-3-8-13(34)10(23)19(41-8)32-5-28-11-15(24)26-4-27-16(11)32/h4-10,13-14,19-20,34H,1-3H2,(H6-,24,25,26,27,30,31,35,36,37,45,46)/p+1/t7-,8-,9-,10+,13-,14-,19-,20?,44?/m1/s1. The fraction of sp³-hybridized carbons (Fsp3) is 0.524. The topological polar surface area (TPSA) is 263 Å². The third kappa shape index (κ3) is 6.37. The lowest BCUT2D eigenvalue weighted by molar-refractivity contribution is -0.0520. The second kappa shape index (κ2) is 13.0. The molecule has 6 rings (SSSR count). The predicted molar refractivity (Wildman–Crippen MR) is 160 cm³/mol. The number of halogens is 2. The Morgan fingerprint density at radius 1 is 1.09 bits per heavy atom. The van der Waals surface area contributed by atoms with Crippen LogP contribution in [-0.2, 0) is 39.4 Å². The van der Waals surface area contributed by atoms with E-state index < -0.39 is 75.3 Å². The molecule has 0 spiro atoms. The van der Waals surface area contributed by atoms with Gasteiger partial charge in [-0.1, -0.05) is 0 Å². The van der Waals surface area contributed by atoms with Gasteiger partial charge in [0.25, 0.3) is 5.56 Å². The molecule has 248 valence electrons. The first-order chi connectivity index (χ1) is 21.8. The Hall–Kier alpha value is -2.82. The van der Waals surface area contributed by atoms with E-state index in [4.69, 9.17) is 46.3 Å². The second-order valence-electron chi connectivity index (χ2n) is 10.1. The van der Waals surface area contributed by atoms with Gasteiger partial charge in [0.2, 0.25) is 5.95 Å². The number of nitrogens with one attached hydrogen (secondary N) is 1. The van der Waals surface area contributed by atoms with Crippen molar-refractivity contribution < 1.29 is 46.4 Å². The molecule has 19 nitrogen and oxygen atoms in total. The number of aliphatic hydroxyl groups excluding tert-OH is 1. The summed E-state index contributed by atoms with van der Waals surface area (Å²) in [7, 11) is -2.28. The molecule has 0 saturated carbocycles. The number of anilines is 2. The van der Waals surface area contributed by atoms with E-state index in [2.05, 4.69) is 42.2 Å². The zero-order valence-corrected chi connectivity index (χ0v) is 26.5. The third-order valence-electron chi connectivity index (χ3n) is 7.21. The summed E-state index contributed by atoms with van der Waals surface area (Å²) in [6.07, 6.45) is -9.46. The highest BCUT2D eigenvalue weighted by molar-refractivity contribution is 8.39. The zero-order valence-electron chi connectivity index (χ0n) is 23.0. The number of nitrogen functional groups attached to an aromatic ring is 2. The first-order valence-corrected chi connectivity index (χ1v) is 18.1. The third-order valence-corrected chi connectivity index (χ3v) is 9.51. The number of rotatable bonds is 11. The Morgan fingerprint density at radius 3 is 2.52 bits per heavy atom. The van der Waals surface area contributed by atoms with Crippen molar-refractivity contribution >= 4 is 72.1 Å². The maximum atomic E-state index is 15.8. The van der Waals surface area contributed by atoms with Gasteiger partial charge in [0.05, 0.1) is 25.4 Å². The number of imidazole rings is 2. The molecule has 2 aliphatic heterocycles. The number of thiol groups is 1. The Kier molecular flexibility index (Phi) is 9.35. The van der Waals surface area contributed by atoms with Gasteiger partial charge in [-0.3, -0.25) is 23.4 Å². The molecule has 0 radical (unpaired) electrons. The van der Waals surface area contributed by atoms with Crippen LogP contribution in [-0.4, -0.2) is 99.0 Å². The van der Waals surface area contributed by atoms with Gasteiger partial charge < -0.3 is 35.5 Å². The fourth-order valence-electron chi connectivity index (χ4n) is 5.11. The molecule has 2 fully saturated rings. The highest BCUT2D eigenvalue weighted by atomic mass is 32.7. The molecule has 3 unspecified atom stereocenters. The normalized spacial score (nSPS) is 29.9. The molecule has 2 saturated heterocycles. The minimum atomic E-state index is -4.38.